The maximum Gasteiger partial charge on any atom is 0.289 e. The minimum absolute atomic E-state index is 0.0542. The highest BCUT2D eigenvalue weighted by molar-refractivity contribution is 5.94. The van der Waals surface area contributed by atoms with Gasteiger partial charge in [0.05, 0.1) is 23.4 Å². The van der Waals surface area contributed by atoms with Crippen LogP contribution in [-0.4, -0.2) is 33.8 Å². The van der Waals surface area contributed by atoms with Gasteiger partial charge in [0.1, 0.15) is 11.4 Å². The van der Waals surface area contributed by atoms with Crippen LogP contribution in [-0.2, 0) is 0 Å². The van der Waals surface area contributed by atoms with Crippen LogP contribution in [0.2, 0.25) is 0 Å². The van der Waals surface area contributed by atoms with E-state index in [1.807, 2.05) is 31.2 Å². The molecule has 1 heterocycles. The van der Waals surface area contributed by atoms with Crippen LogP contribution in [0.4, 0.5) is 5.69 Å². The number of rotatable bonds is 7. The zero-order valence-corrected chi connectivity index (χ0v) is 15.0. The number of nitro benzene ring substituents is 1. The van der Waals surface area contributed by atoms with E-state index < -0.39 is 10.8 Å². The molecule has 9 heteroatoms. The second kappa shape index (κ2) is 8.58. The summed E-state index contributed by atoms with van der Waals surface area (Å²) in [6.45, 7) is 2.40. The molecule has 1 amide bonds. The normalized spacial score (nSPS) is 10.8. The number of H-pyrrole nitrogens is 1. The molecule has 142 valence electrons. The fourth-order valence-electron chi connectivity index (χ4n) is 2.48. The molecule has 9 nitrogen and oxygen atoms in total. The summed E-state index contributed by atoms with van der Waals surface area (Å²) in [6.07, 6.45) is 1.33. The molecule has 0 aliphatic rings. The van der Waals surface area contributed by atoms with E-state index in [0.717, 1.165) is 5.56 Å². The molecule has 0 saturated carbocycles. The molecule has 0 spiro atoms. The first-order chi connectivity index (χ1) is 13.6. The van der Waals surface area contributed by atoms with Crippen molar-refractivity contribution in [1.82, 2.24) is 15.6 Å². The average molecular weight is 379 g/mol. The maximum absolute atomic E-state index is 12.2. The van der Waals surface area contributed by atoms with Crippen LogP contribution in [0.1, 0.15) is 23.0 Å². The van der Waals surface area contributed by atoms with Crippen LogP contribution in [0.15, 0.2) is 59.7 Å². The molecule has 0 bridgehead atoms. The van der Waals surface area contributed by atoms with Crippen LogP contribution in [0.3, 0.4) is 0 Å². The predicted molar refractivity (Wildman–Crippen MR) is 103 cm³/mol. The smallest absolute Gasteiger partial charge is 0.289 e. The molecule has 2 aromatic carbocycles. The Kier molecular flexibility index (Phi) is 5.75. The number of carbonyl (C=O) groups excluding carboxylic acids is 1. The van der Waals surface area contributed by atoms with Crippen molar-refractivity contribution in [2.24, 2.45) is 5.10 Å². The van der Waals surface area contributed by atoms with Gasteiger partial charge in [-0.25, -0.2) is 5.43 Å². The van der Waals surface area contributed by atoms with E-state index >= 15 is 0 Å². The van der Waals surface area contributed by atoms with Crippen LogP contribution in [0.5, 0.6) is 5.75 Å². The Bertz CT molecular complexity index is 1030. The number of hydrogen-bond acceptors (Lipinski definition) is 6. The molecule has 0 unspecified atom stereocenters. The van der Waals surface area contributed by atoms with Gasteiger partial charge < -0.3 is 4.74 Å². The highest BCUT2D eigenvalue weighted by Crippen LogP contribution is 2.28. The van der Waals surface area contributed by atoms with Gasteiger partial charge in [0, 0.05) is 23.3 Å². The van der Waals surface area contributed by atoms with Gasteiger partial charge in [0.2, 0.25) is 0 Å². The Balaban J connectivity index is 1.70. The van der Waals surface area contributed by atoms with Crippen LogP contribution in [0, 0.1) is 10.1 Å². The molecule has 0 fully saturated rings. The number of aromatic amines is 1. The number of ether oxygens (including phenoxy) is 1. The zero-order valence-electron chi connectivity index (χ0n) is 15.0. The Labute approximate surface area is 160 Å². The van der Waals surface area contributed by atoms with E-state index in [1.54, 1.807) is 12.1 Å². The Morgan fingerprint density at radius 3 is 2.89 bits per heavy atom. The lowest BCUT2D eigenvalue weighted by molar-refractivity contribution is -0.384. The minimum atomic E-state index is -0.498. The molecule has 0 aliphatic heterocycles. The topological polar surface area (TPSA) is 123 Å². The number of hydrazone groups is 1. The van der Waals surface area contributed by atoms with Crippen LogP contribution in [0.25, 0.3) is 11.3 Å². The first-order valence-corrected chi connectivity index (χ1v) is 8.44. The second-order valence-corrected chi connectivity index (χ2v) is 5.65. The highest BCUT2D eigenvalue weighted by atomic mass is 16.6. The number of aromatic nitrogens is 2. The second-order valence-electron chi connectivity index (χ2n) is 5.65. The number of benzene rings is 2. The summed E-state index contributed by atoms with van der Waals surface area (Å²) in [5.41, 5.74) is 4.35. The summed E-state index contributed by atoms with van der Waals surface area (Å²) in [5.74, 6) is 0.182. The number of non-ortho nitro benzene ring substituents is 1. The molecule has 0 saturated heterocycles. The van der Waals surface area contributed by atoms with E-state index in [1.165, 1.54) is 24.4 Å². The van der Waals surface area contributed by atoms with Gasteiger partial charge in [-0.2, -0.15) is 10.2 Å². The summed E-state index contributed by atoms with van der Waals surface area (Å²) in [7, 11) is 0. The zero-order chi connectivity index (χ0) is 19.9. The van der Waals surface area contributed by atoms with Crippen molar-refractivity contribution in [1.29, 1.82) is 0 Å². The van der Waals surface area contributed by atoms with E-state index in [2.05, 4.69) is 20.7 Å². The van der Waals surface area contributed by atoms with E-state index in [-0.39, 0.29) is 11.4 Å². The summed E-state index contributed by atoms with van der Waals surface area (Å²) in [5, 5.41) is 21.4. The van der Waals surface area contributed by atoms with Gasteiger partial charge in [-0.05, 0) is 25.1 Å². The van der Waals surface area contributed by atoms with Crippen molar-refractivity contribution in [3.05, 3.63) is 76.0 Å². The summed E-state index contributed by atoms with van der Waals surface area (Å²) < 4.78 is 5.58. The standard InChI is InChI=1S/C19H17N5O4/c1-2-28-18-9-4-3-8-15(18)16-11-17(22-21-16)19(25)23-20-12-13-6-5-7-14(10-13)24(26)27/h3-12H,2H2,1H3,(H,21,22)(H,23,25)/b20-12-. The molecule has 0 atom stereocenters. The van der Waals surface area contributed by atoms with Crippen molar-refractivity contribution in [3.8, 4) is 17.0 Å². The summed E-state index contributed by atoms with van der Waals surface area (Å²) in [6, 6.07) is 14.9. The number of nitrogens with zero attached hydrogens (tertiary/aromatic N) is 3. The Morgan fingerprint density at radius 2 is 2.11 bits per heavy atom. The SMILES string of the molecule is CCOc1ccccc1-c1cc(C(=O)N/N=C\c2cccc([N+](=O)[O-])c2)[nH]n1. The average Bonchev–Trinajstić information content (AvgIpc) is 3.19. The number of nitro groups is 1. The molecule has 0 aliphatic carbocycles. The van der Waals surface area contributed by atoms with Gasteiger partial charge in [-0.15, -0.1) is 0 Å². The molecule has 28 heavy (non-hydrogen) atoms. The van der Waals surface area contributed by atoms with Gasteiger partial charge in [-0.3, -0.25) is 20.0 Å². The van der Waals surface area contributed by atoms with E-state index in [4.69, 9.17) is 4.74 Å². The van der Waals surface area contributed by atoms with Crippen molar-refractivity contribution in [3.63, 3.8) is 0 Å². The summed E-state index contributed by atoms with van der Waals surface area (Å²) in [4.78, 5) is 22.5. The Morgan fingerprint density at radius 1 is 1.29 bits per heavy atom. The fraction of sp³-hybridized carbons (Fsp3) is 0.105. The maximum atomic E-state index is 12.2. The Hall–Kier alpha value is -4.01. The monoisotopic (exact) mass is 379 g/mol. The molecular formula is C19H17N5O4. The van der Waals surface area contributed by atoms with Gasteiger partial charge in [-0.1, -0.05) is 24.3 Å². The van der Waals surface area contributed by atoms with Crippen molar-refractivity contribution in [2.75, 3.05) is 6.61 Å². The quantitative estimate of drug-likeness (QED) is 0.371. The lowest BCUT2D eigenvalue weighted by atomic mass is 10.1. The highest BCUT2D eigenvalue weighted by Gasteiger charge is 2.13. The van der Waals surface area contributed by atoms with Gasteiger partial charge in [0.15, 0.2) is 0 Å². The molecule has 3 rings (SSSR count). The molecule has 3 aromatic rings. The molecule has 2 N–H and O–H groups in total. The lowest BCUT2D eigenvalue weighted by Gasteiger charge is -2.07. The summed E-state index contributed by atoms with van der Waals surface area (Å²) >= 11 is 0. The van der Waals surface area contributed by atoms with Gasteiger partial charge in [0.25, 0.3) is 11.6 Å². The van der Waals surface area contributed by atoms with Crippen molar-refractivity contribution >= 4 is 17.8 Å². The van der Waals surface area contributed by atoms with E-state index in [9.17, 15) is 14.9 Å². The van der Waals surface area contributed by atoms with Crippen molar-refractivity contribution < 1.29 is 14.5 Å². The number of hydrogen-bond donors (Lipinski definition) is 2. The van der Waals surface area contributed by atoms with Crippen molar-refractivity contribution in [2.45, 2.75) is 6.92 Å². The number of carbonyl (C=O) groups is 1. The minimum Gasteiger partial charge on any atom is -0.493 e. The third kappa shape index (κ3) is 4.39. The van der Waals surface area contributed by atoms with Crippen LogP contribution >= 0.6 is 0 Å². The third-order valence-electron chi connectivity index (χ3n) is 3.75. The lowest BCUT2D eigenvalue weighted by Crippen LogP contribution is -2.18. The number of nitrogens with one attached hydrogen (secondary N) is 2. The largest absolute Gasteiger partial charge is 0.493 e. The van der Waals surface area contributed by atoms with Crippen LogP contribution < -0.4 is 10.2 Å². The number of para-hydroxylation sites is 1. The predicted octanol–water partition coefficient (Wildman–Crippen LogP) is 3.15. The number of amides is 1. The molecular weight excluding hydrogens is 362 g/mol. The van der Waals surface area contributed by atoms with E-state index in [0.29, 0.717) is 23.6 Å². The third-order valence-corrected chi connectivity index (χ3v) is 3.75. The fourth-order valence-corrected chi connectivity index (χ4v) is 2.48. The first-order valence-electron chi connectivity index (χ1n) is 8.44. The first kappa shape index (κ1) is 18.8. The van der Waals surface area contributed by atoms with Gasteiger partial charge >= 0.3 is 0 Å². The molecule has 0 radical (unpaired) electrons. The molecule has 1 aromatic heterocycles.